The van der Waals surface area contributed by atoms with Crippen molar-refractivity contribution in [2.75, 3.05) is 31.1 Å². The highest BCUT2D eigenvalue weighted by atomic mass is 16.5. The molecular weight excluding hydrogens is 392 g/mol. The first-order valence-electron chi connectivity index (χ1n) is 10.2. The molecule has 156 valence electrons. The third-order valence-electron chi connectivity index (χ3n) is 5.43. The number of aromatic nitrogens is 4. The van der Waals surface area contributed by atoms with E-state index in [0.29, 0.717) is 37.5 Å². The number of aryl methyl sites for hydroxylation is 1. The lowest BCUT2D eigenvalue weighted by Crippen LogP contribution is -2.49. The van der Waals surface area contributed by atoms with E-state index < -0.39 is 0 Å². The number of ether oxygens (including phenoxy) is 1. The molecule has 8 nitrogen and oxygen atoms in total. The van der Waals surface area contributed by atoms with Crippen LogP contribution in [0.5, 0.6) is 11.5 Å². The highest BCUT2D eigenvalue weighted by Gasteiger charge is 2.24. The third kappa shape index (κ3) is 3.79. The smallest absolute Gasteiger partial charge is 0.254 e. The molecule has 0 atom stereocenters. The molecule has 1 aliphatic heterocycles. The molecule has 1 amide bonds. The van der Waals surface area contributed by atoms with Gasteiger partial charge >= 0.3 is 0 Å². The van der Waals surface area contributed by atoms with Gasteiger partial charge in [0, 0.05) is 38.8 Å². The maximum atomic E-state index is 13.1. The van der Waals surface area contributed by atoms with Crippen molar-refractivity contribution in [3.8, 4) is 11.5 Å². The van der Waals surface area contributed by atoms with Crippen LogP contribution in [0.15, 0.2) is 67.1 Å². The van der Waals surface area contributed by atoms with Crippen molar-refractivity contribution in [3.63, 3.8) is 0 Å². The fourth-order valence-corrected chi connectivity index (χ4v) is 3.82. The van der Waals surface area contributed by atoms with Gasteiger partial charge in [0.2, 0.25) is 0 Å². The van der Waals surface area contributed by atoms with Gasteiger partial charge in [-0.2, -0.15) is 5.10 Å². The quantitative estimate of drug-likeness (QED) is 0.511. The van der Waals surface area contributed by atoms with Gasteiger partial charge in [-0.25, -0.2) is 9.97 Å². The van der Waals surface area contributed by atoms with Crippen LogP contribution in [0, 0.1) is 0 Å². The van der Waals surface area contributed by atoms with Gasteiger partial charge in [-0.15, -0.1) is 0 Å². The molecule has 4 aromatic rings. The van der Waals surface area contributed by atoms with E-state index in [9.17, 15) is 4.79 Å². The van der Waals surface area contributed by atoms with Crippen molar-refractivity contribution < 1.29 is 9.53 Å². The lowest BCUT2D eigenvalue weighted by molar-refractivity contribution is 0.0746. The van der Waals surface area contributed by atoms with Crippen LogP contribution >= 0.6 is 0 Å². The number of amides is 1. The Kier molecular flexibility index (Phi) is 4.95. The summed E-state index contributed by atoms with van der Waals surface area (Å²) in [6, 6.07) is 16.9. The van der Waals surface area contributed by atoms with E-state index in [1.165, 1.54) is 0 Å². The number of para-hydroxylation sites is 1. The summed E-state index contributed by atoms with van der Waals surface area (Å²) >= 11 is 0. The number of piperazine rings is 1. The van der Waals surface area contributed by atoms with Crippen LogP contribution in [0.2, 0.25) is 0 Å². The molecule has 5 rings (SSSR count). The standard InChI is InChI=1S/C23H22N6O2/c1-27-21-20(15-26-27)22(25-16-24-21)28-10-12-29(13-11-28)23(30)17-6-5-9-19(14-17)31-18-7-3-2-4-8-18/h2-9,14-16H,10-13H2,1H3. The van der Waals surface area contributed by atoms with Crippen LogP contribution in [-0.2, 0) is 7.05 Å². The van der Waals surface area contributed by atoms with E-state index >= 15 is 0 Å². The Morgan fingerprint density at radius 1 is 0.935 bits per heavy atom. The molecule has 31 heavy (non-hydrogen) atoms. The summed E-state index contributed by atoms with van der Waals surface area (Å²) in [5, 5.41) is 5.21. The van der Waals surface area contributed by atoms with Gasteiger partial charge < -0.3 is 14.5 Å². The molecule has 2 aromatic heterocycles. The van der Waals surface area contributed by atoms with Gasteiger partial charge in [-0.05, 0) is 30.3 Å². The molecule has 0 aliphatic carbocycles. The number of hydrogen-bond acceptors (Lipinski definition) is 6. The van der Waals surface area contributed by atoms with E-state index in [0.717, 1.165) is 22.6 Å². The van der Waals surface area contributed by atoms with Gasteiger partial charge in [0.25, 0.3) is 5.91 Å². The maximum Gasteiger partial charge on any atom is 0.254 e. The zero-order valence-corrected chi connectivity index (χ0v) is 17.2. The summed E-state index contributed by atoms with van der Waals surface area (Å²) in [6.07, 6.45) is 3.36. The predicted molar refractivity (Wildman–Crippen MR) is 117 cm³/mol. The second kappa shape index (κ2) is 8.06. The summed E-state index contributed by atoms with van der Waals surface area (Å²) in [4.78, 5) is 25.9. The topological polar surface area (TPSA) is 76.4 Å². The van der Waals surface area contributed by atoms with E-state index in [2.05, 4.69) is 20.0 Å². The SMILES string of the molecule is Cn1ncc2c(N3CCN(C(=O)c4cccc(Oc5ccccc5)c4)CC3)ncnc21. The minimum absolute atomic E-state index is 0.00683. The molecule has 2 aromatic carbocycles. The molecular formula is C23H22N6O2. The van der Waals surface area contributed by atoms with E-state index in [-0.39, 0.29) is 5.91 Å². The van der Waals surface area contributed by atoms with Gasteiger partial charge in [-0.1, -0.05) is 24.3 Å². The molecule has 3 heterocycles. The van der Waals surface area contributed by atoms with E-state index in [1.807, 2.05) is 60.5 Å². The van der Waals surface area contributed by atoms with Crippen LogP contribution in [0.3, 0.4) is 0 Å². The Bertz CT molecular complexity index is 1220. The van der Waals surface area contributed by atoms with Gasteiger partial charge in [-0.3, -0.25) is 9.48 Å². The zero-order chi connectivity index (χ0) is 21.2. The summed E-state index contributed by atoms with van der Waals surface area (Å²) in [6.45, 7) is 2.64. The molecule has 0 N–H and O–H groups in total. The molecule has 0 spiro atoms. The Labute approximate surface area is 179 Å². The monoisotopic (exact) mass is 414 g/mol. The number of fused-ring (bicyclic) bond motifs is 1. The highest BCUT2D eigenvalue weighted by molar-refractivity contribution is 5.95. The Balaban J connectivity index is 1.27. The first-order chi connectivity index (χ1) is 15.2. The number of rotatable bonds is 4. The molecule has 1 fully saturated rings. The largest absolute Gasteiger partial charge is 0.457 e. The number of benzene rings is 2. The Hall–Kier alpha value is -3.94. The molecule has 1 aliphatic rings. The normalized spacial score (nSPS) is 14.1. The second-order valence-corrected chi connectivity index (χ2v) is 7.42. The maximum absolute atomic E-state index is 13.1. The van der Waals surface area contributed by atoms with E-state index in [4.69, 9.17) is 4.74 Å². The van der Waals surface area contributed by atoms with Crippen molar-refractivity contribution >= 4 is 22.8 Å². The van der Waals surface area contributed by atoms with Crippen LogP contribution < -0.4 is 9.64 Å². The Morgan fingerprint density at radius 3 is 2.52 bits per heavy atom. The van der Waals surface area contributed by atoms with Gasteiger partial charge in [0.15, 0.2) is 5.65 Å². The fourth-order valence-electron chi connectivity index (χ4n) is 3.82. The molecule has 0 bridgehead atoms. The number of carbonyl (C=O) groups is 1. The van der Waals surface area contributed by atoms with Crippen molar-refractivity contribution in [3.05, 3.63) is 72.7 Å². The van der Waals surface area contributed by atoms with Crippen molar-refractivity contribution in [1.82, 2.24) is 24.6 Å². The molecule has 0 unspecified atom stereocenters. The number of nitrogens with zero attached hydrogens (tertiary/aromatic N) is 6. The molecule has 0 radical (unpaired) electrons. The lowest BCUT2D eigenvalue weighted by Gasteiger charge is -2.35. The first-order valence-corrected chi connectivity index (χ1v) is 10.2. The first kappa shape index (κ1) is 19.0. The van der Waals surface area contributed by atoms with E-state index in [1.54, 1.807) is 23.3 Å². The summed E-state index contributed by atoms with van der Waals surface area (Å²) in [7, 11) is 1.87. The lowest BCUT2D eigenvalue weighted by atomic mass is 10.1. The van der Waals surface area contributed by atoms with Crippen LogP contribution in [0.1, 0.15) is 10.4 Å². The summed E-state index contributed by atoms with van der Waals surface area (Å²) in [5.41, 5.74) is 1.43. The molecule has 0 saturated carbocycles. The average Bonchev–Trinajstić information content (AvgIpc) is 3.20. The van der Waals surface area contributed by atoms with Crippen LogP contribution in [0.4, 0.5) is 5.82 Å². The van der Waals surface area contributed by atoms with Gasteiger partial charge in [0.1, 0.15) is 23.6 Å². The van der Waals surface area contributed by atoms with Gasteiger partial charge in [0.05, 0.1) is 11.6 Å². The van der Waals surface area contributed by atoms with Crippen molar-refractivity contribution in [2.24, 2.45) is 7.05 Å². The minimum Gasteiger partial charge on any atom is -0.457 e. The second-order valence-electron chi connectivity index (χ2n) is 7.42. The van der Waals surface area contributed by atoms with Crippen LogP contribution in [0.25, 0.3) is 11.0 Å². The van der Waals surface area contributed by atoms with Crippen LogP contribution in [-0.4, -0.2) is 56.7 Å². The zero-order valence-electron chi connectivity index (χ0n) is 17.2. The highest BCUT2D eigenvalue weighted by Crippen LogP contribution is 2.25. The van der Waals surface area contributed by atoms with Crippen molar-refractivity contribution in [2.45, 2.75) is 0 Å². The summed E-state index contributed by atoms with van der Waals surface area (Å²) in [5.74, 6) is 2.26. The van der Waals surface area contributed by atoms with Crippen molar-refractivity contribution in [1.29, 1.82) is 0 Å². The summed E-state index contributed by atoms with van der Waals surface area (Å²) < 4.78 is 7.61. The fraction of sp³-hybridized carbons (Fsp3) is 0.217. The number of hydrogen-bond donors (Lipinski definition) is 0. The molecule has 8 heteroatoms. The molecule has 1 saturated heterocycles. The number of anilines is 1. The predicted octanol–water partition coefficient (Wildman–Crippen LogP) is 3.12. The Morgan fingerprint density at radius 2 is 1.71 bits per heavy atom. The third-order valence-corrected chi connectivity index (χ3v) is 5.43. The minimum atomic E-state index is 0.00683. The number of carbonyl (C=O) groups excluding carboxylic acids is 1. The average molecular weight is 414 g/mol.